The molecule has 0 atom stereocenters. The van der Waals surface area contributed by atoms with E-state index in [0.29, 0.717) is 27.1 Å². The van der Waals surface area contributed by atoms with Gasteiger partial charge in [-0.05, 0) is 72.7 Å². The Morgan fingerprint density at radius 2 is 1.64 bits per heavy atom. The van der Waals surface area contributed by atoms with E-state index in [1.54, 1.807) is 23.1 Å². The summed E-state index contributed by atoms with van der Waals surface area (Å²) in [6.45, 7) is 2.01. The molecule has 1 aliphatic heterocycles. The molecule has 0 unspecified atom stereocenters. The summed E-state index contributed by atoms with van der Waals surface area (Å²) >= 11 is 12.2. The molecule has 3 aromatic carbocycles. The highest BCUT2D eigenvalue weighted by Crippen LogP contribution is 2.36. The first-order valence-electron chi connectivity index (χ1n) is 10.4. The normalized spacial score (nSPS) is 14.8. The Hall–Kier alpha value is -3.53. The molecule has 0 spiro atoms. The van der Waals surface area contributed by atoms with E-state index in [1.165, 1.54) is 0 Å². The van der Waals surface area contributed by atoms with Gasteiger partial charge in [0.05, 0.1) is 15.7 Å². The van der Waals surface area contributed by atoms with Gasteiger partial charge in [0.25, 0.3) is 5.91 Å². The highest BCUT2D eigenvalue weighted by atomic mass is 35.5. The second-order valence-corrected chi connectivity index (χ2v) is 8.62. The van der Waals surface area contributed by atoms with Crippen molar-refractivity contribution in [3.63, 3.8) is 0 Å². The van der Waals surface area contributed by atoms with Crippen LogP contribution in [-0.2, 0) is 4.79 Å². The standard InChI is InChI=1S/C28H19Cl2NO2/c1-18-6-5-9-22(14-18)31-26(19-7-3-2-4-8-19)17-21(28(31)32)15-23-11-13-27(33-23)20-10-12-24(29)25(30)16-20/h2-17H,1H3/b21-15-. The van der Waals surface area contributed by atoms with E-state index in [0.717, 1.165) is 28.1 Å². The summed E-state index contributed by atoms with van der Waals surface area (Å²) in [6.07, 6.45) is 3.67. The minimum absolute atomic E-state index is 0.105. The van der Waals surface area contributed by atoms with Gasteiger partial charge in [0.2, 0.25) is 0 Å². The molecule has 0 saturated carbocycles. The molecular formula is C28H19Cl2NO2. The summed E-state index contributed by atoms with van der Waals surface area (Å²) in [6, 6.07) is 26.8. The number of hydrogen-bond donors (Lipinski definition) is 0. The van der Waals surface area contributed by atoms with Crippen LogP contribution in [-0.4, -0.2) is 5.91 Å². The number of anilines is 1. The lowest BCUT2D eigenvalue weighted by atomic mass is 10.1. The molecule has 1 aromatic heterocycles. The van der Waals surface area contributed by atoms with Crippen molar-refractivity contribution in [2.75, 3.05) is 4.90 Å². The van der Waals surface area contributed by atoms with E-state index < -0.39 is 0 Å². The molecule has 2 heterocycles. The van der Waals surface area contributed by atoms with Crippen molar-refractivity contribution < 1.29 is 9.21 Å². The molecule has 0 aliphatic carbocycles. The van der Waals surface area contributed by atoms with Crippen LogP contribution in [0.25, 0.3) is 23.1 Å². The molecule has 3 nitrogen and oxygen atoms in total. The molecule has 5 heteroatoms. The average molecular weight is 472 g/mol. The molecule has 0 N–H and O–H groups in total. The van der Waals surface area contributed by atoms with Crippen LogP contribution in [0.4, 0.5) is 5.69 Å². The van der Waals surface area contributed by atoms with Gasteiger partial charge in [-0.2, -0.15) is 0 Å². The predicted octanol–water partition coefficient (Wildman–Crippen LogP) is 8.03. The summed E-state index contributed by atoms with van der Waals surface area (Å²) < 4.78 is 6.00. The Bertz CT molecular complexity index is 1420. The van der Waals surface area contributed by atoms with Crippen molar-refractivity contribution in [3.8, 4) is 11.3 Å². The summed E-state index contributed by atoms with van der Waals surface area (Å²) in [5.41, 5.74) is 5.07. The van der Waals surface area contributed by atoms with Gasteiger partial charge < -0.3 is 4.42 Å². The first-order valence-corrected chi connectivity index (χ1v) is 11.2. The van der Waals surface area contributed by atoms with Crippen LogP contribution >= 0.6 is 23.2 Å². The van der Waals surface area contributed by atoms with Crippen molar-refractivity contribution in [2.24, 2.45) is 0 Å². The number of furan rings is 1. The van der Waals surface area contributed by atoms with Crippen LogP contribution in [0.3, 0.4) is 0 Å². The Labute approximate surface area is 202 Å². The van der Waals surface area contributed by atoms with Gasteiger partial charge in [-0.25, -0.2) is 0 Å². The lowest BCUT2D eigenvalue weighted by molar-refractivity contribution is -0.113. The van der Waals surface area contributed by atoms with Crippen molar-refractivity contribution in [2.45, 2.75) is 6.92 Å². The van der Waals surface area contributed by atoms with Gasteiger partial charge in [-0.15, -0.1) is 0 Å². The smallest absolute Gasteiger partial charge is 0.263 e. The van der Waals surface area contributed by atoms with Gasteiger partial charge >= 0.3 is 0 Å². The molecule has 0 saturated heterocycles. The third-order valence-corrected chi connectivity index (χ3v) is 6.18. The van der Waals surface area contributed by atoms with Gasteiger partial charge in [0.1, 0.15) is 11.5 Å². The first-order chi connectivity index (χ1) is 16.0. The molecule has 0 bridgehead atoms. The molecule has 0 radical (unpaired) electrons. The highest BCUT2D eigenvalue weighted by Gasteiger charge is 2.30. The molecule has 4 aromatic rings. The number of amides is 1. The topological polar surface area (TPSA) is 33.5 Å². The maximum atomic E-state index is 13.5. The number of nitrogens with zero attached hydrogens (tertiary/aromatic N) is 1. The Morgan fingerprint density at radius 3 is 2.39 bits per heavy atom. The van der Waals surface area contributed by atoms with E-state index in [2.05, 4.69) is 0 Å². The van der Waals surface area contributed by atoms with E-state index in [9.17, 15) is 4.79 Å². The third-order valence-electron chi connectivity index (χ3n) is 5.44. The zero-order valence-electron chi connectivity index (χ0n) is 17.8. The minimum atomic E-state index is -0.105. The van der Waals surface area contributed by atoms with Gasteiger partial charge in [-0.1, -0.05) is 65.7 Å². The summed E-state index contributed by atoms with van der Waals surface area (Å²) in [5.74, 6) is 1.12. The SMILES string of the molecule is Cc1cccc(N2C(=O)/C(=C\c3ccc(-c4ccc(Cl)c(Cl)c4)o3)C=C2c2ccccc2)c1. The van der Waals surface area contributed by atoms with Crippen LogP contribution in [0.5, 0.6) is 0 Å². The van der Waals surface area contributed by atoms with E-state index in [-0.39, 0.29) is 5.91 Å². The summed E-state index contributed by atoms with van der Waals surface area (Å²) in [4.78, 5) is 15.2. The molecule has 0 fully saturated rings. The molecule has 1 aliphatic rings. The quantitative estimate of drug-likeness (QED) is 0.282. The third kappa shape index (κ3) is 4.25. The molecule has 33 heavy (non-hydrogen) atoms. The van der Waals surface area contributed by atoms with Crippen LogP contribution in [0.2, 0.25) is 10.0 Å². The number of rotatable bonds is 4. The maximum Gasteiger partial charge on any atom is 0.263 e. The lowest BCUT2D eigenvalue weighted by Crippen LogP contribution is -2.24. The van der Waals surface area contributed by atoms with Crippen LogP contribution in [0, 0.1) is 6.92 Å². The van der Waals surface area contributed by atoms with Crippen molar-refractivity contribution in [1.82, 2.24) is 0 Å². The summed E-state index contributed by atoms with van der Waals surface area (Å²) in [5, 5.41) is 0.946. The first kappa shape index (κ1) is 21.3. The average Bonchev–Trinajstić information content (AvgIpc) is 3.41. The number of benzene rings is 3. The fourth-order valence-electron chi connectivity index (χ4n) is 3.85. The van der Waals surface area contributed by atoms with E-state index in [4.69, 9.17) is 27.6 Å². The largest absolute Gasteiger partial charge is 0.457 e. The highest BCUT2D eigenvalue weighted by molar-refractivity contribution is 6.42. The summed E-state index contributed by atoms with van der Waals surface area (Å²) in [7, 11) is 0. The van der Waals surface area contributed by atoms with Crippen LogP contribution in [0.15, 0.2) is 101 Å². The van der Waals surface area contributed by atoms with E-state index in [1.807, 2.05) is 85.8 Å². The monoisotopic (exact) mass is 471 g/mol. The number of carbonyl (C=O) groups is 1. The van der Waals surface area contributed by atoms with Crippen molar-refractivity contribution in [3.05, 3.63) is 124 Å². The molecule has 1 amide bonds. The maximum absolute atomic E-state index is 13.5. The van der Waals surface area contributed by atoms with Gasteiger partial charge in [0.15, 0.2) is 0 Å². The predicted molar refractivity (Wildman–Crippen MR) is 135 cm³/mol. The number of aryl methyl sites for hydroxylation is 1. The molecule has 162 valence electrons. The van der Waals surface area contributed by atoms with Crippen LogP contribution in [0.1, 0.15) is 16.9 Å². The second-order valence-electron chi connectivity index (χ2n) is 7.81. The lowest BCUT2D eigenvalue weighted by Gasteiger charge is -2.21. The minimum Gasteiger partial charge on any atom is -0.457 e. The Morgan fingerprint density at radius 1 is 0.818 bits per heavy atom. The van der Waals surface area contributed by atoms with Crippen molar-refractivity contribution in [1.29, 1.82) is 0 Å². The fraction of sp³-hybridized carbons (Fsp3) is 0.0357. The zero-order chi connectivity index (χ0) is 22.9. The zero-order valence-corrected chi connectivity index (χ0v) is 19.3. The second kappa shape index (κ2) is 8.78. The molecule has 5 rings (SSSR count). The fourth-order valence-corrected chi connectivity index (χ4v) is 4.15. The van der Waals surface area contributed by atoms with Gasteiger partial charge in [-0.3, -0.25) is 9.69 Å². The molecular weight excluding hydrogens is 453 g/mol. The number of carbonyl (C=O) groups excluding carboxylic acids is 1. The van der Waals surface area contributed by atoms with Crippen molar-refractivity contribution >= 4 is 46.6 Å². The number of hydrogen-bond acceptors (Lipinski definition) is 2. The van der Waals surface area contributed by atoms with E-state index >= 15 is 0 Å². The van der Waals surface area contributed by atoms with Crippen LogP contribution < -0.4 is 4.90 Å². The number of halogens is 2. The Balaban J connectivity index is 1.54. The Kier molecular flexibility index (Phi) is 5.67. The van der Waals surface area contributed by atoms with Gasteiger partial charge in [0, 0.05) is 16.8 Å².